The van der Waals surface area contributed by atoms with Crippen molar-refractivity contribution in [2.45, 2.75) is 0 Å². The zero-order valence-corrected chi connectivity index (χ0v) is 5.00. The SMILES string of the molecule is Cn1nc[n+](C)c1N. The number of aromatic nitrogens is 3. The minimum Gasteiger partial charge on any atom is -0.308 e. The van der Waals surface area contributed by atoms with Gasteiger partial charge in [0.05, 0.1) is 14.1 Å². The molecule has 0 aromatic carbocycles. The standard InChI is InChI=1S/C4H8N4/c1-7-3-6-8(2)4(7)5/h3,5H,1-2H3/p+1. The first-order chi connectivity index (χ1) is 3.72. The molecule has 0 unspecified atom stereocenters. The second-order valence-corrected chi connectivity index (χ2v) is 1.72. The molecule has 0 atom stereocenters. The van der Waals surface area contributed by atoms with Gasteiger partial charge in [0, 0.05) is 0 Å². The average molecular weight is 113 g/mol. The molecular weight excluding hydrogens is 104 g/mol. The molecule has 1 aromatic rings. The zero-order valence-electron chi connectivity index (χ0n) is 5.00. The molecule has 4 heteroatoms. The maximum atomic E-state index is 5.47. The second-order valence-electron chi connectivity index (χ2n) is 1.72. The molecule has 0 saturated carbocycles. The molecule has 2 N–H and O–H groups in total. The van der Waals surface area contributed by atoms with Crippen LogP contribution < -0.4 is 10.3 Å². The molecule has 0 saturated heterocycles. The molecule has 0 aliphatic carbocycles. The average Bonchev–Trinajstić information content (AvgIpc) is 1.98. The van der Waals surface area contributed by atoms with Crippen LogP contribution in [-0.4, -0.2) is 9.78 Å². The number of nitrogens with zero attached hydrogens (tertiary/aromatic N) is 3. The molecule has 0 bridgehead atoms. The summed E-state index contributed by atoms with van der Waals surface area (Å²) in [5.74, 6) is 0.657. The molecule has 8 heavy (non-hydrogen) atoms. The first-order valence-electron chi connectivity index (χ1n) is 2.35. The molecule has 44 valence electrons. The third-order valence-electron chi connectivity index (χ3n) is 1.09. The Morgan fingerprint density at radius 2 is 2.50 bits per heavy atom. The molecule has 0 aliphatic heterocycles. The van der Waals surface area contributed by atoms with E-state index in [4.69, 9.17) is 5.73 Å². The summed E-state index contributed by atoms with van der Waals surface area (Å²) in [5.41, 5.74) is 5.47. The minimum atomic E-state index is 0.657. The number of hydrogen-bond acceptors (Lipinski definition) is 2. The van der Waals surface area contributed by atoms with E-state index in [1.165, 1.54) is 0 Å². The van der Waals surface area contributed by atoms with Crippen molar-refractivity contribution in [2.75, 3.05) is 5.73 Å². The highest BCUT2D eigenvalue weighted by atomic mass is 15.4. The van der Waals surface area contributed by atoms with Crippen LogP contribution in [0.25, 0.3) is 0 Å². The van der Waals surface area contributed by atoms with Crippen LogP contribution in [0.15, 0.2) is 6.33 Å². The highest BCUT2D eigenvalue weighted by molar-refractivity contribution is 5.02. The van der Waals surface area contributed by atoms with E-state index in [2.05, 4.69) is 5.10 Å². The van der Waals surface area contributed by atoms with Gasteiger partial charge in [-0.3, -0.25) is 0 Å². The van der Waals surface area contributed by atoms with Crippen LogP contribution in [0.2, 0.25) is 0 Å². The fraction of sp³-hybridized carbons (Fsp3) is 0.500. The van der Waals surface area contributed by atoms with Crippen LogP contribution in [0.1, 0.15) is 0 Å². The number of hydrogen-bond donors (Lipinski definition) is 1. The fourth-order valence-electron chi connectivity index (χ4n) is 0.502. The lowest BCUT2D eigenvalue weighted by atomic mass is 10.9. The molecule has 1 aromatic heterocycles. The van der Waals surface area contributed by atoms with Crippen molar-refractivity contribution in [1.82, 2.24) is 9.78 Å². The lowest BCUT2D eigenvalue weighted by molar-refractivity contribution is -0.657. The highest BCUT2D eigenvalue weighted by Crippen LogP contribution is 1.82. The van der Waals surface area contributed by atoms with E-state index in [-0.39, 0.29) is 0 Å². The van der Waals surface area contributed by atoms with Crippen LogP contribution in [0, 0.1) is 0 Å². The Kier molecular flexibility index (Phi) is 0.932. The van der Waals surface area contributed by atoms with Crippen molar-refractivity contribution >= 4 is 5.95 Å². The summed E-state index contributed by atoms with van der Waals surface area (Å²) in [6.45, 7) is 0. The van der Waals surface area contributed by atoms with Crippen LogP contribution >= 0.6 is 0 Å². The Morgan fingerprint density at radius 1 is 1.88 bits per heavy atom. The summed E-state index contributed by atoms with van der Waals surface area (Å²) in [7, 11) is 3.65. The maximum Gasteiger partial charge on any atom is 0.341 e. The fourth-order valence-corrected chi connectivity index (χ4v) is 0.502. The molecule has 0 aliphatic rings. The summed E-state index contributed by atoms with van der Waals surface area (Å²) in [6.07, 6.45) is 1.66. The number of rotatable bonds is 0. The molecule has 1 rings (SSSR count). The molecule has 0 spiro atoms. The van der Waals surface area contributed by atoms with Gasteiger partial charge in [0.1, 0.15) is 0 Å². The van der Waals surface area contributed by atoms with Gasteiger partial charge >= 0.3 is 5.95 Å². The normalized spacial score (nSPS) is 9.75. The predicted molar refractivity (Wildman–Crippen MR) is 28.8 cm³/mol. The largest absolute Gasteiger partial charge is 0.341 e. The van der Waals surface area contributed by atoms with Crippen molar-refractivity contribution in [3.05, 3.63) is 6.33 Å². The Balaban J connectivity index is 3.19. The van der Waals surface area contributed by atoms with Gasteiger partial charge in [0.2, 0.25) is 6.33 Å². The summed E-state index contributed by atoms with van der Waals surface area (Å²) < 4.78 is 3.36. The number of nitrogens with two attached hydrogens (primary N) is 1. The Labute approximate surface area is 47.5 Å². The Bertz CT molecular complexity index is 170. The van der Waals surface area contributed by atoms with Gasteiger partial charge in [-0.1, -0.05) is 0 Å². The van der Waals surface area contributed by atoms with Crippen molar-refractivity contribution in [3.8, 4) is 0 Å². The third-order valence-corrected chi connectivity index (χ3v) is 1.09. The van der Waals surface area contributed by atoms with Crippen molar-refractivity contribution < 1.29 is 4.57 Å². The van der Waals surface area contributed by atoms with E-state index in [9.17, 15) is 0 Å². The molecule has 4 nitrogen and oxygen atoms in total. The van der Waals surface area contributed by atoms with E-state index in [1.54, 1.807) is 22.6 Å². The molecule has 0 radical (unpaired) electrons. The molecule has 0 fully saturated rings. The topological polar surface area (TPSA) is 47.7 Å². The van der Waals surface area contributed by atoms with Crippen LogP contribution in [0.3, 0.4) is 0 Å². The molecular formula is C4H9N4+. The Hall–Kier alpha value is -1.06. The maximum absolute atomic E-state index is 5.47. The third kappa shape index (κ3) is 0.538. The predicted octanol–water partition coefficient (Wildman–Crippen LogP) is -1.17. The summed E-state index contributed by atoms with van der Waals surface area (Å²) in [4.78, 5) is 0. The quantitative estimate of drug-likeness (QED) is 0.431. The van der Waals surface area contributed by atoms with E-state index in [0.717, 1.165) is 0 Å². The second kappa shape index (κ2) is 1.47. The smallest absolute Gasteiger partial charge is 0.308 e. The highest BCUT2D eigenvalue weighted by Gasteiger charge is 2.02. The first kappa shape index (κ1) is 5.08. The summed E-state index contributed by atoms with van der Waals surface area (Å²) in [5, 5.41) is 3.87. The van der Waals surface area contributed by atoms with E-state index in [0.29, 0.717) is 5.95 Å². The lowest BCUT2D eigenvalue weighted by Gasteiger charge is -1.83. The van der Waals surface area contributed by atoms with E-state index >= 15 is 0 Å². The van der Waals surface area contributed by atoms with Gasteiger partial charge < -0.3 is 5.73 Å². The lowest BCUT2D eigenvalue weighted by Crippen LogP contribution is -2.29. The van der Waals surface area contributed by atoms with Gasteiger partial charge in [0.25, 0.3) is 0 Å². The van der Waals surface area contributed by atoms with Crippen LogP contribution in [0.5, 0.6) is 0 Å². The molecule has 0 amide bonds. The van der Waals surface area contributed by atoms with Crippen molar-refractivity contribution in [2.24, 2.45) is 14.1 Å². The van der Waals surface area contributed by atoms with Gasteiger partial charge in [0.15, 0.2) is 0 Å². The molecule has 1 heterocycles. The van der Waals surface area contributed by atoms with Crippen molar-refractivity contribution in [3.63, 3.8) is 0 Å². The van der Waals surface area contributed by atoms with Crippen LogP contribution in [0.4, 0.5) is 5.95 Å². The van der Waals surface area contributed by atoms with Gasteiger partial charge in [-0.05, 0) is 5.10 Å². The van der Waals surface area contributed by atoms with E-state index < -0.39 is 0 Å². The summed E-state index contributed by atoms with van der Waals surface area (Å²) >= 11 is 0. The van der Waals surface area contributed by atoms with Gasteiger partial charge in [-0.25, -0.2) is 4.57 Å². The van der Waals surface area contributed by atoms with Crippen molar-refractivity contribution in [1.29, 1.82) is 0 Å². The monoisotopic (exact) mass is 113 g/mol. The zero-order chi connectivity index (χ0) is 6.15. The van der Waals surface area contributed by atoms with Crippen LogP contribution in [-0.2, 0) is 14.1 Å². The first-order valence-corrected chi connectivity index (χ1v) is 2.35. The van der Waals surface area contributed by atoms with Gasteiger partial charge in [-0.15, -0.1) is 4.68 Å². The minimum absolute atomic E-state index is 0.657. The number of aryl methyl sites for hydroxylation is 2. The van der Waals surface area contributed by atoms with Gasteiger partial charge in [-0.2, -0.15) is 0 Å². The van der Waals surface area contributed by atoms with E-state index in [1.807, 2.05) is 7.05 Å². The summed E-state index contributed by atoms with van der Waals surface area (Å²) in [6, 6.07) is 0. The Morgan fingerprint density at radius 3 is 2.62 bits per heavy atom. The number of anilines is 1. The number of nitrogen functional groups attached to an aromatic ring is 1.